The van der Waals surface area contributed by atoms with E-state index in [-0.39, 0.29) is 5.91 Å². The number of hydrogen-bond donors (Lipinski definition) is 1. The lowest BCUT2D eigenvalue weighted by Crippen LogP contribution is -2.23. The van der Waals surface area contributed by atoms with E-state index in [2.05, 4.69) is 21.2 Å². The molecule has 0 bridgehead atoms. The van der Waals surface area contributed by atoms with Crippen LogP contribution in [-0.4, -0.2) is 5.91 Å². The fourth-order valence-corrected chi connectivity index (χ4v) is 2.81. The molecule has 0 heterocycles. The molecule has 2 nitrogen and oxygen atoms in total. The molecule has 0 saturated carbocycles. The third-order valence-corrected chi connectivity index (χ3v) is 4.10. The van der Waals surface area contributed by atoms with Crippen molar-refractivity contribution in [1.82, 2.24) is 5.32 Å². The highest BCUT2D eigenvalue weighted by Crippen LogP contribution is 2.26. The Labute approximate surface area is 131 Å². The smallest absolute Gasteiger partial charge is 0.252 e. The molecule has 1 N–H and O–H groups in total. The summed E-state index contributed by atoms with van der Waals surface area (Å²) in [5.74, 6) is -0.0532. The van der Waals surface area contributed by atoms with Crippen molar-refractivity contribution >= 4 is 32.6 Å². The van der Waals surface area contributed by atoms with Crippen LogP contribution < -0.4 is 5.32 Å². The van der Waals surface area contributed by atoms with Crippen LogP contribution in [0.4, 0.5) is 0 Å². The van der Waals surface area contributed by atoms with Crippen molar-refractivity contribution in [3.05, 3.63) is 82.3 Å². The van der Waals surface area contributed by atoms with Gasteiger partial charge in [0.2, 0.25) is 0 Å². The van der Waals surface area contributed by atoms with Crippen molar-refractivity contribution in [2.75, 3.05) is 0 Å². The number of amides is 1. The summed E-state index contributed by atoms with van der Waals surface area (Å²) >= 11 is 3.52. The molecular weight excluding hydrogens is 326 g/mol. The Morgan fingerprint density at radius 2 is 1.52 bits per heavy atom. The molecule has 104 valence electrons. The van der Waals surface area contributed by atoms with Crippen molar-refractivity contribution < 1.29 is 4.79 Å². The second-order valence-electron chi connectivity index (χ2n) is 4.81. The molecule has 0 saturated heterocycles. The molecule has 0 aliphatic carbocycles. The van der Waals surface area contributed by atoms with Crippen molar-refractivity contribution in [2.24, 2.45) is 0 Å². The van der Waals surface area contributed by atoms with Gasteiger partial charge in [-0.2, -0.15) is 0 Å². The van der Waals surface area contributed by atoms with Crippen molar-refractivity contribution in [3.63, 3.8) is 0 Å². The van der Waals surface area contributed by atoms with E-state index in [9.17, 15) is 4.79 Å². The lowest BCUT2D eigenvalue weighted by Gasteiger charge is -2.09. The van der Waals surface area contributed by atoms with Gasteiger partial charge in [0.1, 0.15) is 0 Å². The Balaban J connectivity index is 1.87. The summed E-state index contributed by atoms with van der Waals surface area (Å²) in [5.41, 5.74) is 1.79. The first kappa shape index (κ1) is 13.8. The largest absolute Gasteiger partial charge is 0.348 e. The Morgan fingerprint density at radius 1 is 0.857 bits per heavy atom. The molecule has 0 aromatic heterocycles. The molecule has 0 fully saturated rings. The predicted molar refractivity (Wildman–Crippen MR) is 89.3 cm³/mol. The van der Waals surface area contributed by atoms with Crippen LogP contribution in [0.25, 0.3) is 10.8 Å². The molecule has 0 spiro atoms. The van der Waals surface area contributed by atoms with E-state index in [0.29, 0.717) is 12.1 Å². The summed E-state index contributed by atoms with van der Waals surface area (Å²) < 4.78 is 0.998. The van der Waals surface area contributed by atoms with E-state index in [1.165, 1.54) is 0 Å². The molecule has 21 heavy (non-hydrogen) atoms. The van der Waals surface area contributed by atoms with E-state index in [1.807, 2.05) is 66.7 Å². The van der Waals surface area contributed by atoms with Gasteiger partial charge in [0.15, 0.2) is 0 Å². The molecule has 3 aromatic carbocycles. The topological polar surface area (TPSA) is 29.1 Å². The first-order chi connectivity index (χ1) is 10.3. The normalized spacial score (nSPS) is 10.5. The summed E-state index contributed by atoms with van der Waals surface area (Å²) in [7, 11) is 0. The number of carbonyl (C=O) groups is 1. The highest BCUT2D eigenvalue weighted by atomic mass is 79.9. The number of hydrogen-bond acceptors (Lipinski definition) is 1. The van der Waals surface area contributed by atoms with Gasteiger partial charge >= 0.3 is 0 Å². The Kier molecular flexibility index (Phi) is 4.02. The number of carbonyl (C=O) groups excluding carboxylic acids is 1. The molecule has 0 aliphatic heterocycles. The van der Waals surface area contributed by atoms with Gasteiger partial charge in [-0.25, -0.2) is 0 Å². The van der Waals surface area contributed by atoms with Crippen LogP contribution in [0.15, 0.2) is 71.2 Å². The van der Waals surface area contributed by atoms with Crippen LogP contribution in [0.3, 0.4) is 0 Å². The lowest BCUT2D eigenvalue weighted by molar-refractivity contribution is 0.0952. The van der Waals surface area contributed by atoms with E-state index < -0.39 is 0 Å². The number of halogens is 1. The zero-order valence-electron chi connectivity index (χ0n) is 11.3. The second-order valence-corrected chi connectivity index (χ2v) is 5.66. The third-order valence-electron chi connectivity index (χ3n) is 3.41. The number of nitrogens with one attached hydrogen (secondary N) is 1. The van der Waals surface area contributed by atoms with Gasteiger partial charge in [-0.3, -0.25) is 4.79 Å². The number of rotatable bonds is 3. The summed E-state index contributed by atoms with van der Waals surface area (Å²) in [5, 5.41) is 4.97. The minimum atomic E-state index is -0.0532. The fraction of sp³-hybridized carbons (Fsp3) is 0.0556. The average Bonchev–Trinajstić information content (AvgIpc) is 2.54. The Morgan fingerprint density at radius 3 is 2.29 bits per heavy atom. The highest BCUT2D eigenvalue weighted by Gasteiger charge is 2.11. The highest BCUT2D eigenvalue weighted by molar-refractivity contribution is 9.10. The maximum absolute atomic E-state index is 12.4. The monoisotopic (exact) mass is 339 g/mol. The minimum absolute atomic E-state index is 0.0532. The maximum Gasteiger partial charge on any atom is 0.252 e. The molecule has 1 amide bonds. The SMILES string of the molecule is O=C(NCc1ccccc1)c1ccc(Br)c2ccccc12. The molecule has 3 aromatic rings. The first-order valence-electron chi connectivity index (χ1n) is 6.75. The van der Waals surface area contributed by atoms with Crippen molar-refractivity contribution in [1.29, 1.82) is 0 Å². The minimum Gasteiger partial charge on any atom is -0.348 e. The van der Waals surface area contributed by atoms with Crippen molar-refractivity contribution in [3.8, 4) is 0 Å². The quantitative estimate of drug-likeness (QED) is 0.746. The standard InChI is InChI=1S/C18H14BrNO/c19-17-11-10-16(14-8-4-5-9-15(14)17)18(21)20-12-13-6-2-1-3-7-13/h1-11H,12H2,(H,20,21). The van der Waals surface area contributed by atoms with Crippen LogP contribution in [0.2, 0.25) is 0 Å². The molecule has 0 radical (unpaired) electrons. The number of benzene rings is 3. The maximum atomic E-state index is 12.4. The van der Waals surface area contributed by atoms with E-state index >= 15 is 0 Å². The molecule has 0 atom stereocenters. The van der Waals surface area contributed by atoms with Crippen LogP contribution in [0, 0.1) is 0 Å². The predicted octanol–water partition coefficient (Wildman–Crippen LogP) is 4.53. The molecular formula is C18H14BrNO. The van der Waals surface area contributed by atoms with Crippen LogP contribution >= 0.6 is 15.9 Å². The molecule has 3 rings (SSSR count). The van der Waals surface area contributed by atoms with E-state index in [4.69, 9.17) is 0 Å². The zero-order valence-corrected chi connectivity index (χ0v) is 12.9. The van der Waals surface area contributed by atoms with Gasteiger partial charge in [-0.05, 0) is 28.5 Å². The van der Waals surface area contributed by atoms with Crippen LogP contribution in [-0.2, 0) is 6.54 Å². The van der Waals surface area contributed by atoms with Gasteiger partial charge in [-0.1, -0.05) is 70.5 Å². The van der Waals surface area contributed by atoms with E-state index in [1.54, 1.807) is 0 Å². The first-order valence-corrected chi connectivity index (χ1v) is 7.54. The van der Waals surface area contributed by atoms with Crippen LogP contribution in [0.1, 0.15) is 15.9 Å². The fourth-order valence-electron chi connectivity index (χ4n) is 2.33. The number of fused-ring (bicyclic) bond motifs is 1. The summed E-state index contributed by atoms with van der Waals surface area (Å²) in [6.45, 7) is 0.532. The van der Waals surface area contributed by atoms with Gasteiger partial charge in [0, 0.05) is 16.6 Å². The Bertz CT molecular complexity index is 784. The molecule has 0 aliphatic rings. The Hall–Kier alpha value is -2.13. The van der Waals surface area contributed by atoms with Gasteiger partial charge in [0.25, 0.3) is 5.91 Å². The molecule has 0 unspecified atom stereocenters. The summed E-state index contributed by atoms with van der Waals surface area (Å²) in [6.07, 6.45) is 0. The second kappa shape index (κ2) is 6.10. The van der Waals surface area contributed by atoms with Gasteiger partial charge in [-0.15, -0.1) is 0 Å². The van der Waals surface area contributed by atoms with Gasteiger partial charge < -0.3 is 5.32 Å². The third kappa shape index (κ3) is 2.98. The zero-order chi connectivity index (χ0) is 14.7. The van der Waals surface area contributed by atoms with E-state index in [0.717, 1.165) is 20.8 Å². The lowest BCUT2D eigenvalue weighted by atomic mass is 10.0. The van der Waals surface area contributed by atoms with Crippen LogP contribution in [0.5, 0.6) is 0 Å². The summed E-state index contributed by atoms with van der Waals surface area (Å²) in [4.78, 5) is 12.4. The van der Waals surface area contributed by atoms with Crippen molar-refractivity contribution in [2.45, 2.75) is 6.54 Å². The van der Waals surface area contributed by atoms with Gasteiger partial charge in [0.05, 0.1) is 0 Å². The average molecular weight is 340 g/mol. The summed E-state index contributed by atoms with van der Waals surface area (Å²) in [6, 6.07) is 21.6. The molecule has 3 heteroatoms.